The van der Waals surface area contributed by atoms with E-state index in [2.05, 4.69) is 5.32 Å². The van der Waals surface area contributed by atoms with Gasteiger partial charge in [-0.1, -0.05) is 0 Å². The van der Waals surface area contributed by atoms with Crippen molar-refractivity contribution in [2.75, 3.05) is 22.6 Å². The Morgan fingerprint density at radius 2 is 2.05 bits per heavy atom. The predicted octanol–water partition coefficient (Wildman–Crippen LogP) is 1.43. The molecule has 0 amide bonds. The molecule has 2 rings (SSSR count). The van der Waals surface area contributed by atoms with E-state index >= 15 is 0 Å². The first-order valence-corrected chi connectivity index (χ1v) is 7.40. The summed E-state index contributed by atoms with van der Waals surface area (Å²) in [6.45, 7) is 0. The van der Waals surface area contributed by atoms with Gasteiger partial charge >= 0.3 is 5.97 Å². The Morgan fingerprint density at radius 1 is 1.42 bits per heavy atom. The van der Waals surface area contributed by atoms with Crippen LogP contribution in [0, 0.1) is 5.82 Å². The fourth-order valence-electron chi connectivity index (χ4n) is 2.10. The number of hydrogen-bond acceptors (Lipinski definition) is 4. The van der Waals surface area contributed by atoms with E-state index in [1.807, 2.05) is 0 Å². The second-order valence-corrected chi connectivity index (χ2v) is 6.15. The van der Waals surface area contributed by atoms with Crippen LogP contribution >= 0.6 is 0 Å². The Bertz CT molecular complexity index is 526. The zero-order chi connectivity index (χ0) is 14.0. The molecule has 1 heterocycles. The third-order valence-electron chi connectivity index (χ3n) is 3.15. The summed E-state index contributed by atoms with van der Waals surface area (Å²) in [5, 5.41) is 12.2. The molecule has 1 aliphatic rings. The molecule has 1 aromatic rings. The first-order chi connectivity index (χ1) is 8.99. The van der Waals surface area contributed by atoms with Crippen molar-refractivity contribution in [3.05, 3.63) is 23.5 Å². The number of anilines is 2. The number of nitrogens with one attached hydrogen (secondary N) is 1. The number of hydrogen-bond donors (Lipinski definition) is 3. The number of carboxylic acid groups (broad SMARTS) is 1. The standard InChI is InChI=1S/C12H15FN2O3S/c13-8-1-2-9(10(11(8)14)12(16)17)15-7-3-5-19(18)6-4-7/h1-2,7,15H,3-6,14H2,(H,16,17). The quantitative estimate of drug-likeness (QED) is 0.731. The second-order valence-electron chi connectivity index (χ2n) is 4.46. The fourth-order valence-corrected chi connectivity index (χ4v) is 3.40. The van der Waals surface area contributed by atoms with Gasteiger partial charge in [-0.3, -0.25) is 4.21 Å². The Balaban J connectivity index is 2.23. The van der Waals surface area contributed by atoms with Gasteiger partial charge in [-0.05, 0) is 25.0 Å². The average Bonchev–Trinajstić information content (AvgIpc) is 2.36. The summed E-state index contributed by atoms with van der Waals surface area (Å²) in [6.07, 6.45) is 1.39. The van der Waals surface area contributed by atoms with Crippen molar-refractivity contribution in [3.63, 3.8) is 0 Å². The van der Waals surface area contributed by atoms with Gasteiger partial charge in [0.1, 0.15) is 11.4 Å². The Morgan fingerprint density at radius 3 is 2.63 bits per heavy atom. The van der Waals surface area contributed by atoms with Gasteiger partial charge in [0.25, 0.3) is 0 Å². The summed E-state index contributed by atoms with van der Waals surface area (Å²) >= 11 is 0. The van der Waals surface area contributed by atoms with Crippen molar-refractivity contribution in [2.45, 2.75) is 18.9 Å². The van der Waals surface area contributed by atoms with Gasteiger partial charge < -0.3 is 16.2 Å². The average molecular weight is 286 g/mol. The molecule has 1 aliphatic heterocycles. The minimum Gasteiger partial charge on any atom is -0.478 e. The first kappa shape index (κ1) is 13.8. The molecule has 0 aromatic heterocycles. The Labute approximate surface area is 112 Å². The maximum Gasteiger partial charge on any atom is 0.340 e. The zero-order valence-corrected chi connectivity index (χ0v) is 11.0. The van der Waals surface area contributed by atoms with Crippen LogP contribution < -0.4 is 11.1 Å². The van der Waals surface area contributed by atoms with Crippen LogP contribution in [0.15, 0.2) is 12.1 Å². The minimum atomic E-state index is -1.26. The van der Waals surface area contributed by atoms with Crippen LogP contribution in [0.2, 0.25) is 0 Å². The van der Waals surface area contributed by atoms with E-state index in [9.17, 15) is 13.4 Å². The lowest BCUT2D eigenvalue weighted by Gasteiger charge is -2.24. The van der Waals surface area contributed by atoms with Crippen LogP contribution in [0.4, 0.5) is 15.8 Å². The molecule has 0 saturated carbocycles. The minimum absolute atomic E-state index is 0.0423. The number of benzene rings is 1. The molecule has 5 nitrogen and oxygen atoms in total. The second kappa shape index (κ2) is 5.56. The van der Waals surface area contributed by atoms with E-state index < -0.39 is 22.6 Å². The normalized spacial score (nSPS) is 23.0. The molecule has 0 bridgehead atoms. The van der Waals surface area contributed by atoms with Crippen molar-refractivity contribution in [1.29, 1.82) is 0 Å². The van der Waals surface area contributed by atoms with Crippen molar-refractivity contribution in [3.8, 4) is 0 Å². The Kier molecular flexibility index (Phi) is 4.04. The third-order valence-corrected chi connectivity index (χ3v) is 4.54. The van der Waals surface area contributed by atoms with E-state index in [1.54, 1.807) is 0 Å². The highest BCUT2D eigenvalue weighted by Gasteiger charge is 2.22. The monoisotopic (exact) mass is 286 g/mol. The van der Waals surface area contributed by atoms with Crippen LogP contribution in [0.25, 0.3) is 0 Å². The molecule has 1 fully saturated rings. The zero-order valence-electron chi connectivity index (χ0n) is 10.2. The molecule has 1 saturated heterocycles. The number of aromatic carboxylic acids is 1. The largest absolute Gasteiger partial charge is 0.478 e. The maximum absolute atomic E-state index is 13.3. The molecule has 0 aliphatic carbocycles. The van der Waals surface area contributed by atoms with Gasteiger partial charge in [0.15, 0.2) is 0 Å². The van der Waals surface area contributed by atoms with E-state index in [-0.39, 0.29) is 17.3 Å². The number of halogens is 1. The smallest absolute Gasteiger partial charge is 0.340 e. The summed E-state index contributed by atoms with van der Waals surface area (Å²) in [4.78, 5) is 11.2. The predicted molar refractivity (Wildman–Crippen MR) is 72.3 cm³/mol. The summed E-state index contributed by atoms with van der Waals surface area (Å²) in [5.74, 6) is -0.820. The van der Waals surface area contributed by atoms with Gasteiger partial charge in [-0.25, -0.2) is 9.18 Å². The molecule has 0 spiro atoms. The van der Waals surface area contributed by atoms with Crippen molar-refractivity contribution in [1.82, 2.24) is 0 Å². The van der Waals surface area contributed by atoms with E-state index in [0.29, 0.717) is 30.0 Å². The Hall–Kier alpha value is -1.63. The van der Waals surface area contributed by atoms with Crippen LogP contribution in [-0.2, 0) is 10.8 Å². The topological polar surface area (TPSA) is 92.4 Å². The van der Waals surface area contributed by atoms with Crippen molar-refractivity contribution >= 4 is 28.1 Å². The lowest BCUT2D eigenvalue weighted by molar-refractivity contribution is 0.0698. The van der Waals surface area contributed by atoms with Gasteiger partial charge in [0.05, 0.1) is 11.4 Å². The molecule has 0 atom stereocenters. The highest BCUT2D eigenvalue weighted by atomic mass is 32.2. The number of carboxylic acids is 1. The molecular weight excluding hydrogens is 271 g/mol. The third kappa shape index (κ3) is 3.04. The van der Waals surface area contributed by atoms with Crippen LogP contribution in [-0.4, -0.2) is 32.8 Å². The summed E-state index contributed by atoms with van der Waals surface area (Å²) in [6, 6.07) is 2.56. The van der Waals surface area contributed by atoms with Crippen LogP contribution in [0.3, 0.4) is 0 Å². The van der Waals surface area contributed by atoms with Crippen molar-refractivity contribution < 1.29 is 18.5 Å². The van der Waals surface area contributed by atoms with Gasteiger partial charge in [-0.15, -0.1) is 0 Å². The van der Waals surface area contributed by atoms with Gasteiger partial charge in [-0.2, -0.15) is 0 Å². The number of nitrogen functional groups attached to an aromatic ring is 1. The molecule has 4 N–H and O–H groups in total. The molecule has 0 unspecified atom stereocenters. The number of rotatable bonds is 3. The highest BCUT2D eigenvalue weighted by Crippen LogP contribution is 2.27. The number of nitrogens with two attached hydrogens (primary N) is 1. The lowest BCUT2D eigenvalue weighted by Crippen LogP contribution is -2.30. The van der Waals surface area contributed by atoms with Crippen LogP contribution in [0.5, 0.6) is 0 Å². The summed E-state index contributed by atoms with van der Waals surface area (Å²) in [5.41, 5.74) is 5.17. The molecule has 1 aromatic carbocycles. The highest BCUT2D eigenvalue weighted by molar-refractivity contribution is 7.85. The lowest BCUT2D eigenvalue weighted by atomic mass is 10.1. The molecule has 7 heteroatoms. The molecule has 104 valence electrons. The maximum atomic E-state index is 13.3. The summed E-state index contributed by atoms with van der Waals surface area (Å²) in [7, 11) is -0.782. The first-order valence-electron chi connectivity index (χ1n) is 5.92. The molecule has 0 radical (unpaired) electrons. The SMILES string of the molecule is Nc1c(F)ccc(NC2CCS(=O)CC2)c1C(=O)O. The van der Waals surface area contributed by atoms with Gasteiger partial charge in [0, 0.05) is 28.3 Å². The number of carbonyl (C=O) groups is 1. The fraction of sp³-hybridized carbons (Fsp3) is 0.417. The van der Waals surface area contributed by atoms with Crippen molar-refractivity contribution in [2.24, 2.45) is 0 Å². The van der Waals surface area contributed by atoms with Crippen LogP contribution in [0.1, 0.15) is 23.2 Å². The van der Waals surface area contributed by atoms with E-state index in [4.69, 9.17) is 10.8 Å². The molecular formula is C12H15FN2O3S. The summed E-state index contributed by atoms with van der Waals surface area (Å²) < 4.78 is 24.5. The van der Waals surface area contributed by atoms with Gasteiger partial charge in [0.2, 0.25) is 0 Å². The van der Waals surface area contributed by atoms with E-state index in [1.165, 1.54) is 6.07 Å². The molecule has 19 heavy (non-hydrogen) atoms. The van der Waals surface area contributed by atoms with E-state index in [0.717, 1.165) is 6.07 Å².